The molecule has 1 amide bonds. The van der Waals surface area contributed by atoms with Crippen molar-refractivity contribution in [3.05, 3.63) is 47.5 Å². The van der Waals surface area contributed by atoms with Crippen LogP contribution in [0.15, 0.2) is 36.4 Å². The molecule has 8 nitrogen and oxygen atoms in total. The van der Waals surface area contributed by atoms with Crippen molar-refractivity contribution in [3.63, 3.8) is 0 Å². The van der Waals surface area contributed by atoms with Gasteiger partial charge in [-0.05, 0) is 24.3 Å². The highest BCUT2D eigenvalue weighted by molar-refractivity contribution is 5.94. The number of methoxy groups -OCH3 is 2. The maximum absolute atomic E-state index is 12.5. The summed E-state index contributed by atoms with van der Waals surface area (Å²) < 4.78 is 26.3. The molecule has 0 saturated carbocycles. The number of fused-ring (bicyclic) bond motifs is 1. The van der Waals surface area contributed by atoms with E-state index in [0.717, 1.165) is 5.56 Å². The van der Waals surface area contributed by atoms with E-state index in [1.165, 1.54) is 14.2 Å². The van der Waals surface area contributed by atoms with E-state index in [0.29, 0.717) is 41.8 Å². The zero-order valence-corrected chi connectivity index (χ0v) is 15.7. The number of hydrogen-bond acceptors (Lipinski definition) is 7. The molecule has 8 heteroatoms. The zero-order chi connectivity index (χ0) is 19.9. The Hall–Kier alpha value is -3.42. The highest BCUT2D eigenvalue weighted by atomic mass is 16.6. The summed E-state index contributed by atoms with van der Waals surface area (Å²) in [7, 11) is 2.73. The lowest BCUT2D eigenvalue weighted by Gasteiger charge is -2.21. The monoisotopic (exact) mass is 387 g/mol. The molecule has 0 atom stereocenters. The van der Waals surface area contributed by atoms with Gasteiger partial charge >= 0.3 is 5.97 Å². The van der Waals surface area contributed by atoms with Crippen molar-refractivity contribution in [2.24, 2.45) is 0 Å². The normalized spacial score (nSPS) is 12.1. The molecule has 148 valence electrons. The molecule has 0 aliphatic carbocycles. The van der Waals surface area contributed by atoms with Crippen molar-refractivity contribution < 1.29 is 33.3 Å². The third-order valence-corrected chi connectivity index (χ3v) is 4.09. The Morgan fingerprint density at radius 1 is 1.07 bits per heavy atom. The first-order valence-electron chi connectivity index (χ1n) is 8.65. The molecule has 28 heavy (non-hydrogen) atoms. The Bertz CT molecular complexity index is 866. The van der Waals surface area contributed by atoms with Gasteiger partial charge in [0.05, 0.1) is 14.2 Å². The molecule has 1 N–H and O–H groups in total. The number of amides is 1. The molecule has 1 aliphatic heterocycles. The number of hydrogen-bond donors (Lipinski definition) is 1. The Morgan fingerprint density at radius 3 is 2.68 bits per heavy atom. The molecule has 0 fully saturated rings. The number of carbonyl (C=O) groups is 2. The van der Waals surface area contributed by atoms with Crippen LogP contribution in [0.5, 0.6) is 23.0 Å². The topological polar surface area (TPSA) is 92.3 Å². The molecule has 1 heterocycles. The highest BCUT2D eigenvalue weighted by Crippen LogP contribution is 2.33. The number of nitrogens with one attached hydrogen (secondary N) is 1. The zero-order valence-electron chi connectivity index (χ0n) is 15.7. The fourth-order valence-corrected chi connectivity index (χ4v) is 2.67. The summed E-state index contributed by atoms with van der Waals surface area (Å²) in [5.41, 5.74) is 1.22. The molecular formula is C20H21NO7. The van der Waals surface area contributed by atoms with Gasteiger partial charge in [0, 0.05) is 17.7 Å². The first kappa shape index (κ1) is 19.3. The Morgan fingerprint density at radius 2 is 1.89 bits per heavy atom. The van der Waals surface area contributed by atoms with Gasteiger partial charge in [0.1, 0.15) is 13.2 Å². The largest absolute Gasteiger partial charge is 0.493 e. The van der Waals surface area contributed by atoms with Crippen LogP contribution in [-0.2, 0) is 16.1 Å². The van der Waals surface area contributed by atoms with Crippen LogP contribution in [0.4, 0.5) is 0 Å². The minimum absolute atomic E-state index is 0.250. The molecule has 2 aromatic rings. The summed E-state index contributed by atoms with van der Waals surface area (Å²) in [6.45, 7) is 1.02. The van der Waals surface area contributed by atoms with Gasteiger partial charge < -0.3 is 29.0 Å². The highest BCUT2D eigenvalue weighted by Gasteiger charge is 2.17. The predicted octanol–water partition coefficient (Wildman–Crippen LogP) is 1.95. The molecule has 3 rings (SSSR count). The van der Waals surface area contributed by atoms with Gasteiger partial charge in [-0.2, -0.15) is 0 Å². The van der Waals surface area contributed by atoms with Gasteiger partial charge in [0.15, 0.2) is 29.6 Å². The van der Waals surface area contributed by atoms with E-state index in [4.69, 9.17) is 18.9 Å². The maximum atomic E-state index is 12.5. The van der Waals surface area contributed by atoms with Crippen molar-refractivity contribution in [1.29, 1.82) is 0 Å². The molecule has 0 saturated heterocycles. The van der Waals surface area contributed by atoms with Crippen LogP contribution in [0.2, 0.25) is 0 Å². The Balaban J connectivity index is 1.67. The second kappa shape index (κ2) is 8.98. The lowest BCUT2D eigenvalue weighted by Crippen LogP contribution is -2.24. The number of esters is 1. The first-order valence-corrected chi connectivity index (χ1v) is 8.65. The van der Waals surface area contributed by atoms with Gasteiger partial charge in [-0.1, -0.05) is 12.1 Å². The maximum Gasteiger partial charge on any atom is 0.343 e. The number of rotatable bonds is 7. The smallest absolute Gasteiger partial charge is 0.343 e. The van der Waals surface area contributed by atoms with Crippen LogP contribution in [0, 0.1) is 0 Å². The molecule has 0 spiro atoms. The van der Waals surface area contributed by atoms with Crippen molar-refractivity contribution in [2.45, 2.75) is 6.54 Å². The average molecular weight is 387 g/mol. The minimum Gasteiger partial charge on any atom is -0.493 e. The number of benzene rings is 2. The van der Waals surface area contributed by atoms with Crippen LogP contribution < -0.4 is 24.3 Å². The number of carbonyl (C=O) groups excluding carboxylic acids is 2. The van der Waals surface area contributed by atoms with E-state index in [1.54, 1.807) is 18.2 Å². The van der Waals surface area contributed by atoms with Crippen LogP contribution in [0.3, 0.4) is 0 Å². The Labute approximate surface area is 162 Å². The van der Waals surface area contributed by atoms with E-state index >= 15 is 0 Å². The van der Waals surface area contributed by atoms with Gasteiger partial charge in [-0.3, -0.25) is 4.79 Å². The van der Waals surface area contributed by atoms with Crippen molar-refractivity contribution in [2.75, 3.05) is 34.0 Å². The van der Waals surface area contributed by atoms with E-state index in [-0.39, 0.29) is 19.1 Å². The van der Waals surface area contributed by atoms with Gasteiger partial charge in [0.2, 0.25) is 0 Å². The predicted molar refractivity (Wildman–Crippen MR) is 99.1 cm³/mol. The lowest BCUT2D eigenvalue weighted by molar-refractivity contribution is -0.142. The molecule has 0 unspecified atom stereocenters. The number of ether oxygens (including phenoxy) is 5. The summed E-state index contributed by atoms with van der Waals surface area (Å²) in [5, 5.41) is 2.85. The van der Waals surface area contributed by atoms with E-state index in [2.05, 4.69) is 10.1 Å². The quantitative estimate of drug-likeness (QED) is 0.726. The fraction of sp³-hybridized carbons (Fsp3) is 0.300. The lowest BCUT2D eigenvalue weighted by atomic mass is 10.1. The minimum atomic E-state index is -0.513. The first-order chi connectivity index (χ1) is 13.6. The molecule has 0 aromatic heterocycles. The van der Waals surface area contributed by atoms with Crippen LogP contribution in [0.25, 0.3) is 0 Å². The standard InChI is InChI=1S/C20H21NO7/c1-24-17-10-13(6-7-15(17)28-12-18(22)25-2)20(23)21-11-14-4-3-5-16-19(14)27-9-8-26-16/h3-7,10H,8-9,11-12H2,1-2H3,(H,21,23). The van der Waals surface area contributed by atoms with E-state index in [9.17, 15) is 9.59 Å². The molecule has 1 aliphatic rings. The number of para-hydroxylation sites is 1. The third kappa shape index (κ3) is 4.46. The summed E-state index contributed by atoms with van der Waals surface area (Å²) >= 11 is 0. The van der Waals surface area contributed by atoms with Crippen LogP contribution >= 0.6 is 0 Å². The van der Waals surface area contributed by atoms with Crippen LogP contribution in [0.1, 0.15) is 15.9 Å². The molecular weight excluding hydrogens is 366 g/mol. The summed E-state index contributed by atoms with van der Waals surface area (Å²) in [6, 6.07) is 10.3. The molecule has 2 aromatic carbocycles. The summed E-state index contributed by atoms with van der Waals surface area (Å²) in [4.78, 5) is 23.7. The molecule has 0 radical (unpaired) electrons. The van der Waals surface area contributed by atoms with Gasteiger partial charge in [0.25, 0.3) is 5.91 Å². The SMILES string of the molecule is COC(=O)COc1ccc(C(=O)NCc2cccc3c2OCCO3)cc1OC. The third-order valence-electron chi connectivity index (χ3n) is 4.09. The second-order valence-electron chi connectivity index (χ2n) is 5.85. The van der Waals surface area contributed by atoms with E-state index in [1.807, 2.05) is 18.2 Å². The van der Waals surface area contributed by atoms with Crippen LogP contribution in [-0.4, -0.2) is 45.9 Å². The van der Waals surface area contributed by atoms with E-state index < -0.39 is 5.97 Å². The Kier molecular flexibility index (Phi) is 6.21. The summed E-state index contributed by atoms with van der Waals surface area (Å²) in [5.74, 6) is 1.20. The van der Waals surface area contributed by atoms with Crippen molar-refractivity contribution in [1.82, 2.24) is 5.32 Å². The molecule has 0 bridgehead atoms. The second-order valence-corrected chi connectivity index (χ2v) is 5.85. The average Bonchev–Trinajstić information content (AvgIpc) is 2.75. The summed E-state index contributed by atoms with van der Waals surface area (Å²) in [6.07, 6.45) is 0. The van der Waals surface area contributed by atoms with Gasteiger partial charge in [-0.15, -0.1) is 0 Å². The fourth-order valence-electron chi connectivity index (χ4n) is 2.67. The van der Waals surface area contributed by atoms with Crippen molar-refractivity contribution in [3.8, 4) is 23.0 Å². The van der Waals surface area contributed by atoms with Gasteiger partial charge in [-0.25, -0.2) is 4.79 Å². The van der Waals surface area contributed by atoms with Crippen molar-refractivity contribution >= 4 is 11.9 Å².